The average Bonchev–Trinajstić information content (AvgIpc) is 3.78. The first kappa shape index (κ1) is 53.1. The molecule has 392 valence electrons. The van der Waals surface area contributed by atoms with Crippen LogP contribution in [0.5, 0.6) is 0 Å². The molecule has 4 saturated carbocycles. The molecular formula is C56H75N3O13. The van der Waals surface area contributed by atoms with Crippen molar-refractivity contribution in [3.8, 4) is 0 Å². The molecule has 2 unspecified atom stereocenters. The number of ether oxygens (including phenoxy) is 6. The maximum Gasteiger partial charge on any atom is 0.312 e. The molecule has 0 amide bonds. The molecule has 16 nitrogen and oxygen atoms in total. The van der Waals surface area contributed by atoms with E-state index in [1.54, 1.807) is 0 Å². The molecular weight excluding hydrogens is 923 g/mol. The third-order valence-electron chi connectivity index (χ3n) is 19.1. The van der Waals surface area contributed by atoms with Crippen LogP contribution in [0.3, 0.4) is 0 Å². The summed E-state index contributed by atoms with van der Waals surface area (Å²) >= 11 is 0. The molecule has 8 rings (SSSR count). The van der Waals surface area contributed by atoms with Crippen LogP contribution in [0.4, 0.5) is 0 Å². The summed E-state index contributed by atoms with van der Waals surface area (Å²) in [5.74, 6) is -2.81. The van der Waals surface area contributed by atoms with Crippen molar-refractivity contribution < 1.29 is 62.0 Å². The fourth-order valence-corrected chi connectivity index (χ4v) is 15.3. The van der Waals surface area contributed by atoms with E-state index in [-0.39, 0.29) is 68.8 Å². The Labute approximate surface area is 423 Å². The highest BCUT2D eigenvalue weighted by molar-refractivity contribution is 5.96. The van der Waals surface area contributed by atoms with Crippen LogP contribution in [-0.4, -0.2) is 87.4 Å². The van der Waals surface area contributed by atoms with Gasteiger partial charge >= 0.3 is 29.8 Å². The molecule has 2 aromatic rings. The van der Waals surface area contributed by atoms with Crippen molar-refractivity contribution in [1.82, 2.24) is 15.0 Å². The molecule has 72 heavy (non-hydrogen) atoms. The summed E-state index contributed by atoms with van der Waals surface area (Å²) in [5.41, 5.74) is 0.506. The monoisotopic (exact) mass is 998 g/mol. The lowest BCUT2D eigenvalue weighted by molar-refractivity contribution is -0.270. The predicted octanol–water partition coefficient (Wildman–Crippen LogP) is 8.38. The SMILES string of the molecule is CC(=O)OC[C@@H]1OC(n2cc(COC(=O)[C@@]3(C)CC[C@]4(C)CC[C@]5(C)C(=CC(=O)[C@@H]6[C@@]7(C)CC[C@H](C(=O)CCc8ccccc8)C(C)(C)C7CC[C@]65C)[C@H]4C3)nn2)[C@@H](OC(C)=O)[C@H](OC(C)=O)[C@@H]1OC(C)=O. The Morgan fingerprint density at radius 1 is 0.750 bits per heavy atom. The average molecular weight is 998 g/mol. The molecule has 6 aliphatic rings. The van der Waals surface area contributed by atoms with Gasteiger partial charge < -0.3 is 28.4 Å². The van der Waals surface area contributed by atoms with Gasteiger partial charge in [-0.2, -0.15) is 0 Å². The lowest BCUT2D eigenvalue weighted by Crippen LogP contribution is -2.66. The van der Waals surface area contributed by atoms with E-state index in [0.717, 1.165) is 72.1 Å². The number of rotatable bonds is 13. The van der Waals surface area contributed by atoms with Gasteiger partial charge in [0.2, 0.25) is 0 Å². The fourth-order valence-electron chi connectivity index (χ4n) is 15.3. The third-order valence-corrected chi connectivity index (χ3v) is 19.1. The largest absolute Gasteiger partial charge is 0.463 e. The van der Waals surface area contributed by atoms with Gasteiger partial charge in [-0.05, 0) is 122 Å². The Morgan fingerprint density at radius 2 is 1.40 bits per heavy atom. The van der Waals surface area contributed by atoms with E-state index in [1.165, 1.54) is 28.9 Å². The van der Waals surface area contributed by atoms with Crippen molar-refractivity contribution in [2.75, 3.05) is 6.61 Å². The van der Waals surface area contributed by atoms with Gasteiger partial charge in [0.05, 0.1) is 11.6 Å². The van der Waals surface area contributed by atoms with Crippen molar-refractivity contribution in [2.24, 2.45) is 56.2 Å². The molecule has 0 radical (unpaired) electrons. The number of nitrogens with zero attached hydrogens (tertiary/aromatic N) is 3. The molecule has 1 saturated heterocycles. The van der Waals surface area contributed by atoms with Gasteiger partial charge in [-0.15, -0.1) is 5.10 Å². The highest BCUT2D eigenvalue weighted by Gasteiger charge is 2.70. The number of aryl methyl sites for hydroxylation is 1. The van der Waals surface area contributed by atoms with Crippen LogP contribution in [-0.2, 0) is 75.0 Å². The van der Waals surface area contributed by atoms with Gasteiger partial charge in [0.1, 0.15) is 30.8 Å². The minimum Gasteiger partial charge on any atom is -0.463 e. The maximum absolute atomic E-state index is 15.2. The molecule has 2 heterocycles. The Morgan fingerprint density at radius 3 is 2.07 bits per heavy atom. The number of hydrogen-bond acceptors (Lipinski definition) is 15. The van der Waals surface area contributed by atoms with Crippen LogP contribution < -0.4 is 0 Å². The normalized spacial score (nSPS) is 37.7. The summed E-state index contributed by atoms with van der Waals surface area (Å²) in [7, 11) is 0. The topological polar surface area (TPSA) is 206 Å². The Hall–Kier alpha value is -5.25. The van der Waals surface area contributed by atoms with Crippen LogP contribution in [0.1, 0.15) is 158 Å². The number of carbonyl (C=O) groups excluding carboxylic acids is 7. The Bertz CT molecular complexity index is 2500. The lowest BCUT2D eigenvalue weighted by atomic mass is 9.33. The quantitative estimate of drug-likeness (QED) is 0.137. The molecule has 5 aliphatic carbocycles. The van der Waals surface area contributed by atoms with E-state index < -0.39 is 72.5 Å². The number of aromatic nitrogens is 3. The molecule has 16 heteroatoms. The van der Waals surface area contributed by atoms with Crippen LogP contribution in [0.2, 0.25) is 0 Å². The molecule has 14 atom stereocenters. The number of hydrogen-bond donors (Lipinski definition) is 0. The van der Waals surface area contributed by atoms with E-state index in [0.29, 0.717) is 25.0 Å². The van der Waals surface area contributed by atoms with Crippen molar-refractivity contribution >= 4 is 41.4 Å². The van der Waals surface area contributed by atoms with Crippen LogP contribution in [0.25, 0.3) is 0 Å². The van der Waals surface area contributed by atoms with E-state index in [1.807, 2.05) is 31.2 Å². The number of benzene rings is 1. The summed E-state index contributed by atoms with van der Waals surface area (Å²) < 4.78 is 35.4. The zero-order valence-electron chi connectivity index (χ0n) is 44.1. The van der Waals surface area contributed by atoms with Gasteiger partial charge in [-0.1, -0.05) is 82.7 Å². The first-order valence-electron chi connectivity index (χ1n) is 26.0. The summed E-state index contributed by atoms with van der Waals surface area (Å²) in [5, 5.41) is 8.45. The van der Waals surface area contributed by atoms with Crippen LogP contribution in [0, 0.1) is 56.2 Å². The van der Waals surface area contributed by atoms with Gasteiger partial charge in [0, 0.05) is 46.0 Å². The van der Waals surface area contributed by atoms with Gasteiger partial charge in [-0.3, -0.25) is 33.6 Å². The number of allylic oxidation sites excluding steroid dienone is 2. The fraction of sp³-hybridized carbons (Fsp3) is 0.696. The first-order chi connectivity index (χ1) is 33.8. The van der Waals surface area contributed by atoms with Crippen molar-refractivity contribution in [3.63, 3.8) is 0 Å². The van der Waals surface area contributed by atoms with Crippen molar-refractivity contribution in [1.29, 1.82) is 0 Å². The van der Waals surface area contributed by atoms with E-state index in [4.69, 9.17) is 28.4 Å². The molecule has 1 aromatic heterocycles. The first-order valence-corrected chi connectivity index (χ1v) is 26.0. The third kappa shape index (κ3) is 9.46. The number of esters is 5. The van der Waals surface area contributed by atoms with Crippen molar-refractivity contribution in [2.45, 2.75) is 184 Å². The second-order valence-corrected chi connectivity index (χ2v) is 24.0. The second kappa shape index (κ2) is 19.5. The van der Waals surface area contributed by atoms with Gasteiger partial charge in [0.15, 0.2) is 30.3 Å². The minimum absolute atomic E-state index is 0.0207. The molecule has 0 bridgehead atoms. The molecule has 1 aromatic carbocycles. The molecule has 5 fully saturated rings. The van der Waals surface area contributed by atoms with E-state index in [9.17, 15) is 28.8 Å². The van der Waals surface area contributed by atoms with Crippen molar-refractivity contribution in [3.05, 3.63) is 59.4 Å². The zero-order valence-corrected chi connectivity index (χ0v) is 44.1. The van der Waals surface area contributed by atoms with E-state index in [2.05, 4.69) is 64.0 Å². The van der Waals surface area contributed by atoms with Crippen LogP contribution >= 0.6 is 0 Å². The number of carbonyl (C=O) groups is 7. The highest BCUT2D eigenvalue weighted by Crippen LogP contribution is 2.75. The maximum atomic E-state index is 15.2. The molecule has 1 aliphatic heterocycles. The number of ketones is 2. The van der Waals surface area contributed by atoms with Gasteiger partial charge in [-0.25, -0.2) is 4.68 Å². The summed E-state index contributed by atoms with van der Waals surface area (Å²) in [4.78, 5) is 92.5. The highest BCUT2D eigenvalue weighted by atomic mass is 16.7. The molecule has 0 spiro atoms. The Balaban J connectivity index is 0.993. The zero-order chi connectivity index (χ0) is 52.3. The summed E-state index contributed by atoms with van der Waals surface area (Å²) in [6.07, 6.45) is 5.42. The summed E-state index contributed by atoms with van der Waals surface area (Å²) in [6.45, 7) is 19.9. The second-order valence-electron chi connectivity index (χ2n) is 24.0. The van der Waals surface area contributed by atoms with E-state index >= 15 is 4.79 Å². The molecule has 0 N–H and O–H groups in total. The van der Waals surface area contributed by atoms with Crippen LogP contribution in [0.15, 0.2) is 48.2 Å². The summed E-state index contributed by atoms with van der Waals surface area (Å²) in [6, 6.07) is 10.2. The lowest BCUT2D eigenvalue weighted by Gasteiger charge is -2.70. The smallest absolute Gasteiger partial charge is 0.312 e. The minimum atomic E-state index is -1.40. The number of fused-ring (bicyclic) bond motifs is 7. The Kier molecular flexibility index (Phi) is 14.4. The standard InChI is InChI=1S/C56H75N3O13/c1-32(60)67-31-43-45(69-33(2)61)46(70-34(3)62)47(71-35(4)63)49(72-43)59-29-37(57-58-59)30-68-50(66)53(8)24-23-52(7)25-26-55(10)39(40(52)28-53)27-42(65)48-54(9)21-19-38(41(64)18-17-36-15-13-12-14-16-36)51(5,6)44(54)20-22-56(48,55)11/h12-16,27,29,38,40,43-49H,17-26,28,30-31H2,1-11H3/t38-,40-,43+,44?,45-,46-,47+,48-,49?,52-,53+,54+,55-,56-/m1/s1. The predicted molar refractivity (Wildman–Crippen MR) is 260 cm³/mol. The van der Waals surface area contributed by atoms with Gasteiger partial charge in [0.25, 0.3) is 0 Å². The number of Topliss-reactive ketones (excluding diaryl/α,β-unsaturated/α-hetero) is 1.